The minimum atomic E-state index is 1.13. The first kappa shape index (κ1) is 9.30. The molecule has 0 aliphatic heterocycles. The highest BCUT2D eigenvalue weighted by Gasteiger charge is 1.97. The zero-order chi connectivity index (χ0) is 8.81. The molecule has 0 N–H and O–H groups in total. The molecule has 0 radical (unpaired) electrons. The smallest absolute Gasteiger partial charge is 0.108 e. The Morgan fingerprint density at radius 2 is 2.17 bits per heavy atom. The molecule has 12 heavy (non-hydrogen) atoms. The lowest BCUT2D eigenvalue weighted by molar-refractivity contribution is 0.639. The van der Waals surface area contributed by atoms with Gasteiger partial charge in [-0.05, 0) is 6.42 Å². The van der Waals surface area contributed by atoms with Crippen molar-refractivity contribution in [2.75, 3.05) is 0 Å². The minimum absolute atomic E-state index is 1.13. The average Bonchev–Trinajstić information content (AvgIpc) is 2.46. The van der Waals surface area contributed by atoms with Crippen LogP contribution in [0.3, 0.4) is 0 Å². The summed E-state index contributed by atoms with van der Waals surface area (Å²) in [6.07, 6.45) is 10.3. The molecule has 0 fully saturated rings. The quantitative estimate of drug-likeness (QED) is 0.615. The summed E-state index contributed by atoms with van der Waals surface area (Å²) in [5, 5.41) is 0. The number of aryl methyl sites for hydroxylation is 2. The van der Waals surface area contributed by atoms with Crippen LogP contribution in [0.25, 0.3) is 0 Å². The van der Waals surface area contributed by atoms with Gasteiger partial charge in [-0.25, -0.2) is 4.98 Å². The Kier molecular flexibility index (Phi) is 3.85. The minimum Gasteiger partial charge on any atom is -0.338 e. The zero-order valence-corrected chi connectivity index (χ0v) is 8.08. The molecule has 0 unspecified atom stereocenters. The van der Waals surface area contributed by atoms with Crippen molar-refractivity contribution in [2.45, 2.75) is 39.0 Å². The molecule has 2 heteroatoms. The SMILES string of the molecule is CCCCCCc1nccn1C. The molecular weight excluding hydrogens is 148 g/mol. The van der Waals surface area contributed by atoms with Crippen LogP contribution in [0.15, 0.2) is 12.4 Å². The van der Waals surface area contributed by atoms with Crippen molar-refractivity contribution in [3.05, 3.63) is 18.2 Å². The molecule has 1 aromatic heterocycles. The lowest BCUT2D eigenvalue weighted by atomic mass is 10.1. The number of rotatable bonds is 5. The van der Waals surface area contributed by atoms with E-state index in [1.807, 2.05) is 12.4 Å². The van der Waals surface area contributed by atoms with Gasteiger partial charge in [-0.15, -0.1) is 0 Å². The normalized spacial score (nSPS) is 10.5. The molecule has 0 amide bonds. The lowest BCUT2D eigenvalue weighted by Crippen LogP contribution is -1.96. The van der Waals surface area contributed by atoms with E-state index in [1.165, 1.54) is 31.5 Å². The molecule has 0 saturated heterocycles. The van der Waals surface area contributed by atoms with Gasteiger partial charge in [0.15, 0.2) is 0 Å². The Balaban J connectivity index is 2.20. The van der Waals surface area contributed by atoms with Gasteiger partial charge in [0.1, 0.15) is 5.82 Å². The predicted molar refractivity (Wildman–Crippen MR) is 51.1 cm³/mol. The molecule has 1 rings (SSSR count). The summed E-state index contributed by atoms with van der Waals surface area (Å²) in [5.41, 5.74) is 0. The maximum Gasteiger partial charge on any atom is 0.108 e. The van der Waals surface area contributed by atoms with Gasteiger partial charge in [-0.3, -0.25) is 0 Å². The molecule has 1 heterocycles. The molecule has 68 valence electrons. The Labute approximate surface area is 74.6 Å². The van der Waals surface area contributed by atoms with Gasteiger partial charge in [-0.2, -0.15) is 0 Å². The Hall–Kier alpha value is -0.790. The molecule has 0 aliphatic rings. The van der Waals surface area contributed by atoms with Crippen LogP contribution in [0, 0.1) is 0 Å². The summed E-state index contributed by atoms with van der Waals surface area (Å²) < 4.78 is 2.10. The van der Waals surface area contributed by atoms with E-state index < -0.39 is 0 Å². The van der Waals surface area contributed by atoms with Gasteiger partial charge in [0.05, 0.1) is 0 Å². The molecule has 0 atom stereocenters. The fourth-order valence-electron chi connectivity index (χ4n) is 1.35. The molecule has 2 nitrogen and oxygen atoms in total. The molecular formula is C10H18N2. The molecule has 0 bridgehead atoms. The predicted octanol–water partition coefficient (Wildman–Crippen LogP) is 2.54. The van der Waals surface area contributed by atoms with Crippen LogP contribution in [-0.4, -0.2) is 9.55 Å². The van der Waals surface area contributed by atoms with Crippen molar-refractivity contribution in [3.63, 3.8) is 0 Å². The number of unbranched alkanes of at least 4 members (excludes halogenated alkanes) is 3. The average molecular weight is 166 g/mol. The van der Waals surface area contributed by atoms with E-state index in [-0.39, 0.29) is 0 Å². The van der Waals surface area contributed by atoms with Gasteiger partial charge < -0.3 is 4.57 Å². The third-order valence-corrected chi connectivity index (χ3v) is 2.17. The summed E-state index contributed by atoms with van der Waals surface area (Å²) in [7, 11) is 2.06. The van der Waals surface area contributed by atoms with E-state index in [0.29, 0.717) is 0 Å². The standard InChI is InChI=1S/C10H18N2/c1-3-4-5-6-7-10-11-8-9-12(10)2/h8-9H,3-7H2,1-2H3. The topological polar surface area (TPSA) is 17.8 Å². The van der Waals surface area contributed by atoms with Crippen LogP contribution in [0.1, 0.15) is 38.4 Å². The summed E-state index contributed by atoms with van der Waals surface area (Å²) in [5.74, 6) is 1.21. The van der Waals surface area contributed by atoms with E-state index in [9.17, 15) is 0 Å². The first-order valence-corrected chi connectivity index (χ1v) is 4.80. The molecule has 1 aromatic rings. The second kappa shape index (κ2) is 4.96. The van der Waals surface area contributed by atoms with Crippen LogP contribution >= 0.6 is 0 Å². The van der Waals surface area contributed by atoms with E-state index in [0.717, 1.165) is 6.42 Å². The summed E-state index contributed by atoms with van der Waals surface area (Å²) >= 11 is 0. The van der Waals surface area contributed by atoms with Crippen molar-refractivity contribution in [3.8, 4) is 0 Å². The fraction of sp³-hybridized carbons (Fsp3) is 0.700. The lowest BCUT2D eigenvalue weighted by Gasteiger charge is -2.00. The highest BCUT2D eigenvalue weighted by molar-refractivity contribution is 4.90. The van der Waals surface area contributed by atoms with E-state index in [1.54, 1.807) is 0 Å². The molecule has 0 spiro atoms. The third-order valence-electron chi connectivity index (χ3n) is 2.17. The highest BCUT2D eigenvalue weighted by Crippen LogP contribution is 2.04. The Bertz CT molecular complexity index is 215. The Morgan fingerprint density at radius 1 is 1.33 bits per heavy atom. The molecule has 0 aliphatic carbocycles. The van der Waals surface area contributed by atoms with E-state index in [2.05, 4.69) is 23.5 Å². The maximum atomic E-state index is 4.28. The molecule has 0 saturated carbocycles. The van der Waals surface area contributed by atoms with Crippen LogP contribution < -0.4 is 0 Å². The first-order valence-electron chi connectivity index (χ1n) is 4.80. The van der Waals surface area contributed by atoms with Crippen LogP contribution in [0.2, 0.25) is 0 Å². The highest BCUT2D eigenvalue weighted by atomic mass is 15.0. The monoisotopic (exact) mass is 166 g/mol. The van der Waals surface area contributed by atoms with Crippen molar-refractivity contribution in [1.82, 2.24) is 9.55 Å². The van der Waals surface area contributed by atoms with Gasteiger partial charge in [0, 0.05) is 25.9 Å². The van der Waals surface area contributed by atoms with Gasteiger partial charge in [-0.1, -0.05) is 26.2 Å². The third kappa shape index (κ3) is 2.68. The van der Waals surface area contributed by atoms with Gasteiger partial charge in [0.2, 0.25) is 0 Å². The number of nitrogens with zero attached hydrogens (tertiary/aromatic N) is 2. The summed E-state index contributed by atoms with van der Waals surface area (Å²) in [6, 6.07) is 0. The second-order valence-corrected chi connectivity index (χ2v) is 3.27. The van der Waals surface area contributed by atoms with Crippen LogP contribution in [0.5, 0.6) is 0 Å². The summed E-state index contributed by atoms with van der Waals surface area (Å²) in [4.78, 5) is 4.28. The van der Waals surface area contributed by atoms with Crippen molar-refractivity contribution in [1.29, 1.82) is 0 Å². The van der Waals surface area contributed by atoms with Crippen molar-refractivity contribution >= 4 is 0 Å². The van der Waals surface area contributed by atoms with Crippen LogP contribution in [0.4, 0.5) is 0 Å². The first-order chi connectivity index (χ1) is 5.84. The Morgan fingerprint density at radius 3 is 2.75 bits per heavy atom. The van der Waals surface area contributed by atoms with Gasteiger partial charge in [0.25, 0.3) is 0 Å². The second-order valence-electron chi connectivity index (χ2n) is 3.27. The number of imidazole rings is 1. The number of hydrogen-bond donors (Lipinski definition) is 0. The fourth-order valence-corrected chi connectivity index (χ4v) is 1.35. The maximum absolute atomic E-state index is 4.28. The van der Waals surface area contributed by atoms with Gasteiger partial charge >= 0.3 is 0 Å². The number of aromatic nitrogens is 2. The zero-order valence-electron chi connectivity index (χ0n) is 8.08. The molecule has 0 aromatic carbocycles. The number of hydrogen-bond acceptors (Lipinski definition) is 1. The van der Waals surface area contributed by atoms with Crippen LogP contribution in [-0.2, 0) is 13.5 Å². The van der Waals surface area contributed by atoms with Crippen molar-refractivity contribution < 1.29 is 0 Å². The van der Waals surface area contributed by atoms with E-state index in [4.69, 9.17) is 0 Å². The summed E-state index contributed by atoms with van der Waals surface area (Å²) in [6.45, 7) is 2.24. The van der Waals surface area contributed by atoms with Crippen molar-refractivity contribution in [2.24, 2.45) is 7.05 Å². The largest absolute Gasteiger partial charge is 0.338 e. The van der Waals surface area contributed by atoms with E-state index >= 15 is 0 Å².